The van der Waals surface area contributed by atoms with Gasteiger partial charge in [0, 0.05) is 32.9 Å². The van der Waals surface area contributed by atoms with Crippen molar-refractivity contribution in [3.05, 3.63) is 42.2 Å². The number of hydrogen-bond donors (Lipinski definition) is 2. The number of sulfonamides is 1. The second-order valence-corrected chi connectivity index (χ2v) is 8.75. The maximum atomic E-state index is 12.7. The number of piperazine rings is 1. The van der Waals surface area contributed by atoms with Gasteiger partial charge in [-0.3, -0.25) is 9.48 Å². The summed E-state index contributed by atoms with van der Waals surface area (Å²) < 4.78 is 27.6. The van der Waals surface area contributed by atoms with E-state index < -0.39 is 10.0 Å². The van der Waals surface area contributed by atoms with E-state index in [9.17, 15) is 13.2 Å². The number of aliphatic imine (C=N–C) groups is 1. The second kappa shape index (κ2) is 9.26. The third-order valence-electron chi connectivity index (χ3n) is 4.77. The third-order valence-corrected chi connectivity index (χ3v) is 6.20. The van der Waals surface area contributed by atoms with E-state index in [0.717, 1.165) is 11.3 Å². The zero-order valence-electron chi connectivity index (χ0n) is 17.4. The molecule has 1 amide bonds. The van der Waals surface area contributed by atoms with E-state index in [4.69, 9.17) is 0 Å². The van der Waals surface area contributed by atoms with Crippen LogP contribution in [0.3, 0.4) is 0 Å². The van der Waals surface area contributed by atoms with Gasteiger partial charge in [0.2, 0.25) is 15.9 Å². The number of carbonyl (C=O) groups is 1. The maximum absolute atomic E-state index is 12.7. The highest BCUT2D eigenvalue weighted by Crippen LogP contribution is 2.16. The van der Waals surface area contributed by atoms with E-state index >= 15 is 0 Å². The average molecular weight is 434 g/mol. The van der Waals surface area contributed by atoms with E-state index in [1.807, 2.05) is 25.1 Å². The van der Waals surface area contributed by atoms with Crippen LogP contribution < -0.4 is 14.9 Å². The Hall–Kier alpha value is -2.92. The molecule has 0 atom stereocenters. The summed E-state index contributed by atoms with van der Waals surface area (Å²) in [4.78, 5) is 21.2. The largest absolute Gasteiger partial charge is 0.356 e. The molecular weight excluding hydrogens is 406 g/mol. The van der Waals surface area contributed by atoms with Crippen molar-refractivity contribution < 1.29 is 13.2 Å². The second-order valence-electron chi connectivity index (χ2n) is 6.86. The molecule has 1 aliphatic rings. The SMILES string of the molecule is CCNC(=NCc1ccc(S(=O)(=O)NC)cc1)N1CCN(c2cnn(C)c2)C(=O)C1. The number of anilines is 1. The number of benzene rings is 1. The Morgan fingerprint density at radius 2 is 1.97 bits per heavy atom. The first-order valence-corrected chi connectivity index (χ1v) is 11.2. The minimum absolute atomic E-state index is 0.0125. The standard InChI is InChI=1S/C19H27N7O3S/c1-4-21-19(22-11-15-5-7-17(8-6-15)30(28,29)20-2)25-9-10-26(18(27)14-25)16-12-23-24(3)13-16/h5-8,12-13,20H,4,9-11,14H2,1-3H3,(H,21,22). The molecule has 1 saturated heterocycles. The summed E-state index contributed by atoms with van der Waals surface area (Å²) in [5.41, 5.74) is 1.67. The molecule has 1 fully saturated rings. The summed E-state index contributed by atoms with van der Waals surface area (Å²) in [6.45, 7) is 4.44. The number of aryl methyl sites for hydroxylation is 1. The molecule has 1 aromatic heterocycles. The smallest absolute Gasteiger partial charge is 0.246 e. The fraction of sp³-hybridized carbons (Fsp3) is 0.421. The lowest BCUT2D eigenvalue weighted by molar-refractivity contribution is -0.120. The molecule has 0 saturated carbocycles. The lowest BCUT2D eigenvalue weighted by Crippen LogP contribution is -2.55. The van der Waals surface area contributed by atoms with Crippen molar-refractivity contribution >= 4 is 27.6 Å². The van der Waals surface area contributed by atoms with Crippen LogP contribution >= 0.6 is 0 Å². The van der Waals surface area contributed by atoms with Crippen LogP contribution in [0.15, 0.2) is 46.5 Å². The highest BCUT2D eigenvalue weighted by Gasteiger charge is 2.27. The Morgan fingerprint density at radius 1 is 1.23 bits per heavy atom. The summed E-state index contributed by atoms with van der Waals surface area (Å²) in [7, 11) is -0.258. The highest BCUT2D eigenvalue weighted by molar-refractivity contribution is 7.89. The molecule has 0 aliphatic carbocycles. The Kier molecular flexibility index (Phi) is 6.73. The molecular formula is C19H27N7O3S. The van der Waals surface area contributed by atoms with Crippen LogP contribution in [0.1, 0.15) is 12.5 Å². The molecule has 30 heavy (non-hydrogen) atoms. The van der Waals surface area contributed by atoms with Crippen LogP contribution in [0.25, 0.3) is 0 Å². The number of guanidine groups is 1. The molecule has 0 bridgehead atoms. The summed E-state index contributed by atoms with van der Waals surface area (Å²) in [5.74, 6) is 0.644. The molecule has 1 aliphatic heterocycles. The van der Waals surface area contributed by atoms with E-state index in [-0.39, 0.29) is 17.3 Å². The Balaban J connectivity index is 1.68. The fourth-order valence-electron chi connectivity index (χ4n) is 3.16. The number of aromatic nitrogens is 2. The molecule has 2 N–H and O–H groups in total. The minimum atomic E-state index is -3.46. The van der Waals surface area contributed by atoms with Gasteiger partial charge in [-0.05, 0) is 31.7 Å². The van der Waals surface area contributed by atoms with Gasteiger partial charge < -0.3 is 15.1 Å². The Morgan fingerprint density at radius 3 is 2.53 bits per heavy atom. The van der Waals surface area contributed by atoms with E-state index in [2.05, 4.69) is 20.1 Å². The first-order chi connectivity index (χ1) is 14.3. The maximum Gasteiger partial charge on any atom is 0.246 e. The topological polar surface area (TPSA) is 112 Å². The molecule has 3 rings (SSSR count). The summed E-state index contributed by atoms with van der Waals surface area (Å²) >= 11 is 0. The van der Waals surface area contributed by atoms with Gasteiger partial charge in [0.1, 0.15) is 6.54 Å². The predicted octanol–water partition coefficient (Wildman–Crippen LogP) is 0.143. The van der Waals surface area contributed by atoms with Gasteiger partial charge in [0.15, 0.2) is 5.96 Å². The lowest BCUT2D eigenvalue weighted by atomic mass is 10.2. The monoisotopic (exact) mass is 433 g/mol. The van der Waals surface area contributed by atoms with E-state index in [1.54, 1.807) is 40.0 Å². The zero-order valence-corrected chi connectivity index (χ0v) is 18.2. The van der Waals surface area contributed by atoms with Gasteiger partial charge in [0.25, 0.3) is 0 Å². The summed E-state index contributed by atoms with van der Waals surface area (Å²) in [6, 6.07) is 6.59. The van der Waals surface area contributed by atoms with Gasteiger partial charge in [-0.15, -0.1) is 0 Å². The van der Waals surface area contributed by atoms with Crippen LogP contribution in [0.4, 0.5) is 5.69 Å². The molecule has 0 spiro atoms. The molecule has 2 aromatic rings. The zero-order chi connectivity index (χ0) is 21.7. The van der Waals surface area contributed by atoms with Crippen molar-refractivity contribution in [2.45, 2.75) is 18.4 Å². The quantitative estimate of drug-likeness (QED) is 0.495. The van der Waals surface area contributed by atoms with Crippen LogP contribution in [0.2, 0.25) is 0 Å². The number of amides is 1. The molecule has 0 unspecified atom stereocenters. The number of carbonyl (C=O) groups excluding carboxylic acids is 1. The van der Waals surface area contributed by atoms with E-state index in [1.165, 1.54) is 7.05 Å². The molecule has 0 radical (unpaired) electrons. The van der Waals surface area contributed by atoms with Crippen molar-refractivity contribution in [3.8, 4) is 0 Å². The Bertz CT molecular complexity index is 1020. The molecule has 10 nitrogen and oxygen atoms in total. The van der Waals surface area contributed by atoms with Crippen molar-refractivity contribution in [1.29, 1.82) is 0 Å². The van der Waals surface area contributed by atoms with Gasteiger partial charge in [-0.1, -0.05) is 12.1 Å². The first-order valence-electron chi connectivity index (χ1n) is 9.69. The van der Waals surface area contributed by atoms with Crippen LogP contribution in [0, 0.1) is 0 Å². The van der Waals surface area contributed by atoms with Gasteiger partial charge in [0.05, 0.1) is 23.3 Å². The minimum Gasteiger partial charge on any atom is -0.356 e. The van der Waals surface area contributed by atoms with Crippen molar-refractivity contribution in [3.63, 3.8) is 0 Å². The van der Waals surface area contributed by atoms with E-state index in [0.29, 0.717) is 32.1 Å². The number of hydrogen-bond acceptors (Lipinski definition) is 5. The van der Waals surface area contributed by atoms with Crippen LogP contribution in [-0.4, -0.2) is 68.2 Å². The molecule has 1 aromatic carbocycles. The molecule has 2 heterocycles. The van der Waals surface area contributed by atoms with Gasteiger partial charge in [-0.25, -0.2) is 18.1 Å². The summed E-state index contributed by atoms with van der Waals surface area (Å²) in [6.07, 6.45) is 3.51. The Labute approximate surface area is 176 Å². The third kappa shape index (κ3) is 4.97. The first kappa shape index (κ1) is 21.8. The van der Waals surface area contributed by atoms with Crippen molar-refractivity contribution in [2.75, 3.05) is 38.1 Å². The summed E-state index contributed by atoms with van der Waals surface area (Å²) in [5, 5.41) is 7.36. The highest BCUT2D eigenvalue weighted by atomic mass is 32.2. The molecule has 11 heteroatoms. The fourth-order valence-corrected chi connectivity index (χ4v) is 3.89. The lowest BCUT2D eigenvalue weighted by Gasteiger charge is -2.35. The average Bonchev–Trinajstić information content (AvgIpc) is 3.17. The number of nitrogens with one attached hydrogen (secondary N) is 2. The molecule has 162 valence electrons. The number of rotatable bonds is 6. The normalized spacial score (nSPS) is 15.6. The van der Waals surface area contributed by atoms with Crippen LogP contribution in [0.5, 0.6) is 0 Å². The predicted molar refractivity (Wildman–Crippen MR) is 115 cm³/mol. The van der Waals surface area contributed by atoms with Gasteiger partial charge >= 0.3 is 0 Å². The van der Waals surface area contributed by atoms with Gasteiger partial charge in [-0.2, -0.15) is 5.10 Å². The van der Waals surface area contributed by atoms with Crippen LogP contribution in [-0.2, 0) is 28.4 Å². The number of nitrogens with zero attached hydrogens (tertiary/aromatic N) is 5. The van der Waals surface area contributed by atoms with Crippen molar-refractivity contribution in [2.24, 2.45) is 12.0 Å². The van der Waals surface area contributed by atoms with Crippen molar-refractivity contribution in [1.82, 2.24) is 24.7 Å².